The minimum absolute atomic E-state index is 0.0116. The second-order valence-corrected chi connectivity index (χ2v) is 2.84. The van der Waals surface area contributed by atoms with E-state index in [0.717, 1.165) is 19.1 Å². The fourth-order valence-corrected chi connectivity index (χ4v) is 0.879. The number of unbranched alkanes of at least 4 members (excludes halogenated alkanes) is 1. The first-order valence-electron chi connectivity index (χ1n) is 3.99. The highest BCUT2D eigenvalue weighted by Crippen LogP contribution is 2.05. The maximum atomic E-state index is 10.4. The Bertz CT molecular complexity index is 158. The van der Waals surface area contributed by atoms with Crippen molar-refractivity contribution in [2.45, 2.75) is 32.2 Å². The van der Waals surface area contributed by atoms with Crippen LogP contribution in [0.15, 0.2) is 0 Å². The largest absolute Gasteiger partial charge is 0.465 e. The van der Waals surface area contributed by atoms with Crippen LogP contribution in [0.4, 0.5) is 4.79 Å². The summed E-state index contributed by atoms with van der Waals surface area (Å²) in [6.07, 6.45) is 1.93. The van der Waals surface area contributed by atoms with Crippen LogP contribution in [0.1, 0.15) is 26.2 Å². The molecule has 0 aliphatic carbocycles. The first-order chi connectivity index (χ1) is 5.59. The normalized spacial score (nSPS) is 12.2. The topological polar surface area (TPSA) is 57.6 Å². The highest BCUT2D eigenvalue weighted by molar-refractivity contribution is 5.64. The second-order valence-electron chi connectivity index (χ2n) is 2.84. The van der Waals surface area contributed by atoms with E-state index in [1.54, 1.807) is 0 Å². The minimum atomic E-state index is -0.923. The summed E-state index contributed by atoms with van der Waals surface area (Å²) in [5, 5.41) is 8.57. The Balaban J connectivity index is 3.63. The molecule has 0 aromatic rings. The van der Waals surface area contributed by atoms with Crippen molar-refractivity contribution in [2.75, 3.05) is 7.05 Å². The van der Waals surface area contributed by atoms with Crippen LogP contribution in [0.2, 0.25) is 0 Å². The molecule has 1 N–H and O–H groups in total. The van der Waals surface area contributed by atoms with Gasteiger partial charge in [0.15, 0.2) is 0 Å². The predicted octanol–water partition coefficient (Wildman–Crippen LogP) is 1.35. The van der Waals surface area contributed by atoms with Gasteiger partial charge >= 0.3 is 6.09 Å². The summed E-state index contributed by atoms with van der Waals surface area (Å²) in [5.41, 5.74) is 0. The van der Waals surface area contributed by atoms with Gasteiger partial charge in [-0.2, -0.15) is 0 Å². The molecule has 0 fully saturated rings. The van der Waals surface area contributed by atoms with E-state index >= 15 is 0 Å². The number of aldehydes is 1. The third-order valence-corrected chi connectivity index (χ3v) is 1.91. The number of amides is 1. The van der Waals surface area contributed by atoms with Gasteiger partial charge in [0.25, 0.3) is 0 Å². The number of nitrogens with zero attached hydrogens (tertiary/aromatic N) is 1. The molecule has 0 bridgehead atoms. The Morgan fingerprint density at radius 1 is 1.67 bits per heavy atom. The third-order valence-electron chi connectivity index (χ3n) is 1.91. The van der Waals surface area contributed by atoms with E-state index in [9.17, 15) is 9.59 Å². The SMILES string of the molecule is CC(CCCC=O)N(C)C(=O)O. The lowest BCUT2D eigenvalue weighted by Crippen LogP contribution is -2.33. The van der Waals surface area contributed by atoms with Crippen LogP contribution in [0.25, 0.3) is 0 Å². The molecule has 1 unspecified atom stereocenters. The Hall–Kier alpha value is -1.06. The minimum Gasteiger partial charge on any atom is -0.465 e. The van der Waals surface area contributed by atoms with Crippen LogP contribution in [0.3, 0.4) is 0 Å². The lowest BCUT2D eigenvalue weighted by molar-refractivity contribution is -0.107. The molecule has 0 aliphatic rings. The predicted molar refractivity (Wildman–Crippen MR) is 45.2 cm³/mol. The summed E-state index contributed by atoms with van der Waals surface area (Å²) >= 11 is 0. The number of carboxylic acid groups (broad SMARTS) is 1. The van der Waals surface area contributed by atoms with Gasteiger partial charge in [-0.25, -0.2) is 4.79 Å². The fourth-order valence-electron chi connectivity index (χ4n) is 0.879. The third kappa shape index (κ3) is 3.95. The number of hydrogen-bond donors (Lipinski definition) is 1. The standard InChI is InChI=1S/C8H15NO3/c1-7(5-3-4-6-10)9(2)8(11)12/h6-7H,3-5H2,1-2H3,(H,11,12). The highest BCUT2D eigenvalue weighted by Gasteiger charge is 2.12. The average molecular weight is 173 g/mol. The maximum Gasteiger partial charge on any atom is 0.407 e. The molecule has 0 heterocycles. The molecule has 0 saturated carbocycles. The molecular formula is C8H15NO3. The van der Waals surface area contributed by atoms with Gasteiger partial charge in [0.05, 0.1) is 0 Å². The van der Waals surface area contributed by atoms with Gasteiger partial charge in [-0.3, -0.25) is 0 Å². The molecule has 0 rings (SSSR count). The number of hydrogen-bond acceptors (Lipinski definition) is 2. The molecule has 1 amide bonds. The van der Waals surface area contributed by atoms with Gasteiger partial charge < -0.3 is 14.8 Å². The van der Waals surface area contributed by atoms with E-state index in [0.29, 0.717) is 6.42 Å². The smallest absolute Gasteiger partial charge is 0.407 e. The van der Waals surface area contributed by atoms with E-state index < -0.39 is 6.09 Å². The van der Waals surface area contributed by atoms with Crippen LogP contribution in [-0.4, -0.2) is 35.5 Å². The Kier molecular flexibility index (Phi) is 5.08. The number of rotatable bonds is 5. The van der Waals surface area contributed by atoms with Crippen molar-refractivity contribution in [3.8, 4) is 0 Å². The zero-order valence-electron chi connectivity index (χ0n) is 7.49. The molecule has 0 spiro atoms. The van der Waals surface area contributed by atoms with Crippen molar-refractivity contribution >= 4 is 12.4 Å². The number of carbonyl (C=O) groups is 2. The summed E-state index contributed by atoms with van der Waals surface area (Å²) in [6.45, 7) is 1.83. The van der Waals surface area contributed by atoms with Gasteiger partial charge in [0.2, 0.25) is 0 Å². The van der Waals surface area contributed by atoms with E-state index in [1.165, 1.54) is 11.9 Å². The number of carbonyl (C=O) groups excluding carboxylic acids is 1. The first-order valence-corrected chi connectivity index (χ1v) is 3.99. The monoisotopic (exact) mass is 173 g/mol. The summed E-state index contributed by atoms with van der Waals surface area (Å²) in [4.78, 5) is 21.6. The Morgan fingerprint density at radius 2 is 2.25 bits per heavy atom. The molecule has 0 aliphatic heterocycles. The molecule has 1 atom stereocenters. The quantitative estimate of drug-likeness (QED) is 0.504. The van der Waals surface area contributed by atoms with Crippen LogP contribution < -0.4 is 0 Å². The molecule has 0 saturated heterocycles. The van der Waals surface area contributed by atoms with Crippen molar-refractivity contribution in [2.24, 2.45) is 0 Å². The van der Waals surface area contributed by atoms with E-state index in [1.807, 2.05) is 6.92 Å². The highest BCUT2D eigenvalue weighted by atomic mass is 16.4. The van der Waals surface area contributed by atoms with Crippen LogP contribution >= 0.6 is 0 Å². The van der Waals surface area contributed by atoms with E-state index in [-0.39, 0.29) is 6.04 Å². The molecule has 70 valence electrons. The summed E-state index contributed by atoms with van der Waals surface area (Å²) in [5.74, 6) is 0. The summed E-state index contributed by atoms with van der Waals surface area (Å²) < 4.78 is 0. The van der Waals surface area contributed by atoms with Gasteiger partial charge in [-0.15, -0.1) is 0 Å². The van der Waals surface area contributed by atoms with Gasteiger partial charge in [-0.05, 0) is 19.8 Å². The van der Waals surface area contributed by atoms with Crippen molar-refractivity contribution in [1.29, 1.82) is 0 Å². The molecule has 4 nitrogen and oxygen atoms in total. The van der Waals surface area contributed by atoms with Crippen LogP contribution in [0, 0.1) is 0 Å². The zero-order valence-corrected chi connectivity index (χ0v) is 7.49. The molecule has 0 aromatic heterocycles. The average Bonchev–Trinajstić information content (AvgIpc) is 2.03. The first kappa shape index (κ1) is 10.9. The summed E-state index contributed by atoms with van der Waals surface area (Å²) in [7, 11) is 1.54. The fraction of sp³-hybridized carbons (Fsp3) is 0.750. The van der Waals surface area contributed by atoms with Crippen molar-refractivity contribution < 1.29 is 14.7 Å². The second kappa shape index (κ2) is 5.57. The Morgan fingerprint density at radius 3 is 2.67 bits per heavy atom. The van der Waals surface area contributed by atoms with Gasteiger partial charge in [0.1, 0.15) is 6.29 Å². The lowest BCUT2D eigenvalue weighted by Gasteiger charge is -2.21. The van der Waals surface area contributed by atoms with Crippen molar-refractivity contribution in [3.05, 3.63) is 0 Å². The Labute approximate surface area is 72.2 Å². The molecular weight excluding hydrogens is 158 g/mol. The van der Waals surface area contributed by atoms with E-state index in [2.05, 4.69) is 0 Å². The molecule has 0 aromatic carbocycles. The van der Waals surface area contributed by atoms with Gasteiger partial charge in [-0.1, -0.05) is 0 Å². The molecule has 12 heavy (non-hydrogen) atoms. The molecule has 0 radical (unpaired) electrons. The lowest BCUT2D eigenvalue weighted by atomic mass is 10.1. The van der Waals surface area contributed by atoms with Crippen molar-refractivity contribution in [3.63, 3.8) is 0 Å². The zero-order chi connectivity index (χ0) is 9.56. The molecule has 4 heteroatoms. The van der Waals surface area contributed by atoms with Crippen LogP contribution in [-0.2, 0) is 4.79 Å². The summed E-state index contributed by atoms with van der Waals surface area (Å²) in [6, 6.07) is -0.0116. The van der Waals surface area contributed by atoms with E-state index in [4.69, 9.17) is 5.11 Å². The maximum absolute atomic E-state index is 10.4. The van der Waals surface area contributed by atoms with Crippen LogP contribution in [0.5, 0.6) is 0 Å². The van der Waals surface area contributed by atoms with Crippen molar-refractivity contribution in [1.82, 2.24) is 4.90 Å². The van der Waals surface area contributed by atoms with Gasteiger partial charge in [0, 0.05) is 19.5 Å².